The number of amides is 5. The molecule has 5 amide bonds. The number of nitrogens with zero attached hydrogens (tertiary/aromatic N) is 1. The number of unbranched alkanes of at least 4 members (excludes halogenated alkanes) is 2. The van der Waals surface area contributed by atoms with Gasteiger partial charge in [-0.3, -0.25) is 33.7 Å². The van der Waals surface area contributed by atoms with Gasteiger partial charge in [-0.2, -0.15) is 0 Å². The summed E-state index contributed by atoms with van der Waals surface area (Å²) in [4.78, 5) is 88.9. The number of ether oxygens (including phenoxy) is 1. The van der Waals surface area contributed by atoms with Crippen LogP contribution in [0.5, 0.6) is 0 Å². The minimum Gasteiger partial charge on any atom is -0.461 e. The van der Waals surface area contributed by atoms with Crippen LogP contribution in [-0.2, 0) is 46.5 Å². The lowest BCUT2D eigenvalue weighted by Gasteiger charge is -2.24. The van der Waals surface area contributed by atoms with Gasteiger partial charge in [0, 0.05) is 50.6 Å². The second-order valence-electron chi connectivity index (χ2n) is 14.1. The van der Waals surface area contributed by atoms with Gasteiger partial charge in [0.25, 0.3) is 0 Å². The monoisotopic (exact) mass is 684 g/mol. The summed E-state index contributed by atoms with van der Waals surface area (Å²) in [7, 11) is 0. The molecular formula is C37H56N4O8. The Balaban J connectivity index is 1.94. The fourth-order valence-corrected chi connectivity index (χ4v) is 5.72. The third-order valence-electron chi connectivity index (χ3n) is 8.94. The molecule has 272 valence electrons. The molecule has 1 aromatic carbocycles. The number of imide groups is 1. The molecule has 0 spiro atoms. The summed E-state index contributed by atoms with van der Waals surface area (Å²) in [5.41, 5.74) is 6.68. The van der Waals surface area contributed by atoms with Crippen molar-refractivity contribution in [2.45, 2.75) is 112 Å². The number of esters is 1. The highest BCUT2D eigenvalue weighted by molar-refractivity contribution is 6.03. The van der Waals surface area contributed by atoms with E-state index in [0.29, 0.717) is 32.2 Å². The first-order valence-corrected chi connectivity index (χ1v) is 17.6. The number of hydrogen-bond donors (Lipinski definition) is 3. The van der Waals surface area contributed by atoms with E-state index in [1.165, 1.54) is 4.90 Å². The van der Waals surface area contributed by atoms with Crippen LogP contribution in [0.1, 0.15) is 104 Å². The largest absolute Gasteiger partial charge is 0.461 e. The molecule has 1 aliphatic rings. The highest BCUT2D eigenvalue weighted by Gasteiger charge is 2.39. The second kappa shape index (κ2) is 20.4. The molecule has 1 fully saturated rings. The summed E-state index contributed by atoms with van der Waals surface area (Å²) < 4.78 is 5.26. The first kappa shape index (κ1) is 41.1. The highest BCUT2D eigenvalue weighted by atomic mass is 16.5. The lowest BCUT2D eigenvalue weighted by atomic mass is 9.88. The van der Waals surface area contributed by atoms with Gasteiger partial charge < -0.3 is 21.1 Å². The lowest BCUT2D eigenvalue weighted by molar-refractivity contribution is -0.148. The van der Waals surface area contributed by atoms with Crippen LogP contribution in [-0.4, -0.2) is 65.3 Å². The topological polar surface area (TPSA) is 182 Å². The van der Waals surface area contributed by atoms with E-state index in [1.54, 1.807) is 38.1 Å². The number of ketones is 2. The van der Waals surface area contributed by atoms with Crippen molar-refractivity contribution in [2.75, 3.05) is 13.1 Å². The quantitative estimate of drug-likeness (QED) is 0.0920. The Morgan fingerprint density at radius 1 is 0.918 bits per heavy atom. The van der Waals surface area contributed by atoms with Crippen LogP contribution >= 0.6 is 0 Å². The van der Waals surface area contributed by atoms with Crippen molar-refractivity contribution >= 4 is 41.3 Å². The number of urea groups is 1. The molecule has 1 aliphatic heterocycles. The van der Waals surface area contributed by atoms with Crippen LogP contribution in [0.4, 0.5) is 4.79 Å². The average Bonchev–Trinajstić information content (AvgIpc) is 3.32. The molecule has 1 unspecified atom stereocenters. The van der Waals surface area contributed by atoms with Gasteiger partial charge in [-0.1, -0.05) is 72.2 Å². The third kappa shape index (κ3) is 14.1. The SMILES string of the molecule is CC(C)C(=O)OCc1ccc(CC(=O)[C@H](CCCNC(N)=O)NC(=O)[C@@H](CC(=O)CCCCCN2C(=O)CC(C(C)C)C2=O)C(C)C)cc1. The first-order chi connectivity index (χ1) is 23.1. The fraction of sp³-hybridized carbons (Fsp3) is 0.649. The van der Waals surface area contributed by atoms with Gasteiger partial charge in [0.2, 0.25) is 17.7 Å². The molecule has 0 radical (unpaired) electrons. The van der Waals surface area contributed by atoms with Gasteiger partial charge in [0.15, 0.2) is 5.78 Å². The fourth-order valence-electron chi connectivity index (χ4n) is 5.72. The summed E-state index contributed by atoms with van der Waals surface area (Å²) in [6.45, 7) is 11.8. The molecule has 0 aromatic heterocycles. The molecule has 0 saturated carbocycles. The second-order valence-corrected chi connectivity index (χ2v) is 14.1. The van der Waals surface area contributed by atoms with Crippen LogP contribution < -0.4 is 16.4 Å². The van der Waals surface area contributed by atoms with E-state index in [1.807, 2.05) is 27.7 Å². The van der Waals surface area contributed by atoms with Crippen LogP contribution in [0.2, 0.25) is 0 Å². The number of primary amides is 1. The Labute approximate surface area is 290 Å². The van der Waals surface area contributed by atoms with Gasteiger partial charge in [-0.05, 0) is 48.6 Å². The van der Waals surface area contributed by atoms with Crippen molar-refractivity contribution in [2.24, 2.45) is 35.3 Å². The van der Waals surface area contributed by atoms with Gasteiger partial charge in [-0.15, -0.1) is 0 Å². The first-order valence-electron chi connectivity index (χ1n) is 17.6. The number of nitrogens with two attached hydrogens (primary N) is 1. The number of carbonyl (C=O) groups excluding carboxylic acids is 7. The van der Waals surface area contributed by atoms with Crippen molar-refractivity contribution in [3.63, 3.8) is 0 Å². The van der Waals surface area contributed by atoms with Gasteiger partial charge in [0.1, 0.15) is 12.4 Å². The van der Waals surface area contributed by atoms with E-state index in [0.717, 1.165) is 11.1 Å². The molecule has 1 heterocycles. The molecule has 2 rings (SSSR count). The number of carbonyl (C=O) groups is 7. The van der Waals surface area contributed by atoms with Gasteiger partial charge in [0.05, 0.1) is 12.0 Å². The van der Waals surface area contributed by atoms with E-state index in [9.17, 15) is 33.6 Å². The van der Waals surface area contributed by atoms with E-state index in [2.05, 4.69) is 10.6 Å². The molecule has 49 heavy (non-hydrogen) atoms. The minimum absolute atomic E-state index is 0.0374. The van der Waals surface area contributed by atoms with E-state index in [4.69, 9.17) is 10.5 Å². The number of hydrogen-bond acceptors (Lipinski definition) is 8. The van der Waals surface area contributed by atoms with Crippen LogP contribution in [0.25, 0.3) is 0 Å². The van der Waals surface area contributed by atoms with Gasteiger partial charge >= 0.3 is 12.0 Å². The molecule has 12 nitrogen and oxygen atoms in total. The molecular weight excluding hydrogens is 628 g/mol. The summed E-state index contributed by atoms with van der Waals surface area (Å²) >= 11 is 0. The minimum atomic E-state index is -0.837. The zero-order valence-corrected chi connectivity index (χ0v) is 30.0. The predicted molar refractivity (Wildman–Crippen MR) is 185 cm³/mol. The standard InChI is InChI=1S/C37H56N4O8/c1-23(2)29(20-28(42)11-8-7-9-18-41-33(44)21-30(24(3)4)35(41)46)34(45)40-31(12-10-17-39-37(38)48)32(43)19-26-13-15-27(16-14-26)22-49-36(47)25(5)6/h13-16,23-25,29-31H,7-12,17-22H2,1-6H3,(H,40,45)(H3,38,39,48)/t29-,30?,31-/m0/s1. The number of rotatable bonds is 22. The lowest BCUT2D eigenvalue weighted by Crippen LogP contribution is -2.46. The van der Waals surface area contributed by atoms with Crippen molar-refractivity contribution < 1.29 is 38.3 Å². The molecule has 1 saturated heterocycles. The number of nitrogens with one attached hydrogen (secondary N) is 2. The maximum absolute atomic E-state index is 13.5. The number of likely N-dealkylation sites (tertiary alicyclic amines) is 1. The smallest absolute Gasteiger partial charge is 0.312 e. The predicted octanol–water partition coefficient (Wildman–Crippen LogP) is 4.25. The highest BCUT2D eigenvalue weighted by Crippen LogP contribution is 2.27. The average molecular weight is 685 g/mol. The van der Waals surface area contributed by atoms with Crippen molar-refractivity contribution in [1.29, 1.82) is 0 Å². The Kier molecular flexibility index (Phi) is 17.1. The summed E-state index contributed by atoms with van der Waals surface area (Å²) in [5, 5.41) is 5.38. The van der Waals surface area contributed by atoms with Gasteiger partial charge in [-0.25, -0.2) is 4.79 Å². The van der Waals surface area contributed by atoms with Crippen molar-refractivity contribution in [3.05, 3.63) is 35.4 Å². The molecule has 0 aliphatic carbocycles. The summed E-state index contributed by atoms with van der Waals surface area (Å²) in [6.07, 6.45) is 3.18. The Bertz CT molecular complexity index is 1310. The Hall–Kier alpha value is -4.09. The third-order valence-corrected chi connectivity index (χ3v) is 8.94. The van der Waals surface area contributed by atoms with Crippen LogP contribution in [0.3, 0.4) is 0 Å². The zero-order chi connectivity index (χ0) is 36.7. The molecule has 4 N–H and O–H groups in total. The van der Waals surface area contributed by atoms with Crippen LogP contribution in [0.15, 0.2) is 24.3 Å². The maximum Gasteiger partial charge on any atom is 0.312 e. The number of Topliss-reactive ketones (excluding diaryl/α,β-unsaturated/α-hetero) is 2. The van der Waals surface area contributed by atoms with Crippen molar-refractivity contribution in [3.8, 4) is 0 Å². The van der Waals surface area contributed by atoms with E-state index in [-0.39, 0.29) is 104 Å². The molecule has 0 bridgehead atoms. The summed E-state index contributed by atoms with van der Waals surface area (Å²) in [6, 6.07) is 5.62. The van der Waals surface area contributed by atoms with E-state index < -0.39 is 18.0 Å². The zero-order valence-electron chi connectivity index (χ0n) is 30.0. The molecule has 12 heteroatoms. The summed E-state index contributed by atoms with van der Waals surface area (Å²) in [5.74, 6) is -2.35. The van der Waals surface area contributed by atoms with E-state index >= 15 is 0 Å². The normalized spacial score (nSPS) is 15.9. The Morgan fingerprint density at radius 2 is 1.57 bits per heavy atom. The van der Waals surface area contributed by atoms with Crippen LogP contribution in [0, 0.1) is 29.6 Å². The molecule has 3 atom stereocenters. The Morgan fingerprint density at radius 3 is 2.14 bits per heavy atom. The number of benzene rings is 1. The molecule has 1 aromatic rings. The van der Waals surface area contributed by atoms with Crippen molar-refractivity contribution in [1.82, 2.24) is 15.5 Å². The maximum atomic E-state index is 13.5.